The number of aliphatic hydroxyl groups excluding tert-OH is 1. The minimum absolute atomic E-state index is 0.0599. The number of aliphatic hydroxyl groups is 1. The Morgan fingerprint density at radius 1 is 1.06 bits per heavy atom. The lowest BCUT2D eigenvalue weighted by Crippen LogP contribution is -2.38. The Labute approximate surface area is 216 Å². The quantitative estimate of drug-likeness (QED) is 0.165. The minimum Gasteiger partial charge on any atom is -0.507 e. The molecule has 1 N–H and O–H groups in total. The molecule has 1 amide bonds. The van der Waals surface area contributed by atoms with Crippen LogP contribution in [-0.2, 0) is 14.4 Å². The maximum Gasteiger partial charge on any atom is 0.308 e. The first-order valence-corrected chi connectivity index (χ1v) is 12.3. The van der Waals surface area contributed by atoms with E-state index in [1.807, 2.05) is 20.8 Å². The molecular weight excluding hydrogens is 484 g/mol. The van der Waals surface area contributed by atoms with Crippen LogP contribution in [0.15, 0.2) is 48.0 Å². The topological polar surface area (TPSA) is 96.4 Å². The van der Waals surface area contributed by atoms with E-state index in [-0.39, 0.29) is 28.5 Å². The summed E-state index contributed by atoms with van der Waals surface area (Å²) < 4.78 is 10.6. The fourth-order valence-electron chi connectivity index (χ4n) is 4.22. The Balaban J connectivity index is 2.13. The molecule has 1 unspecified atom stereocenters. The summed E-state index contributed by atoms with van der Waals surface area (Å²) >= 11 is 6.38. The van der Waals surface area contributed by atoms with Gasteiger partial charge in [0, 0.05) is 25.6 Å². The third-order valence-corrected chi connectivity index (χ3v) is 6.38. The molecule has 1 aliphatic rings. The highest BCUT2D eigenvalue weighted by Crippen LogP contribution is 2.41. The van der Waals surface area contributed by atoms with Crippen molar-refractivity contribution < 1.29 is 29.0 Å². The van der Waals surface area contributed by atoms with Gasteiger partial charge in [-0.25, -0.2) is 0 Å². The van der Waals surface area contributed by atoms with Gasteiger partial charge in [0.2, 0.25) is 0 Å². The number of ketones is 1. The number of carbonyl (C=O) groups excluding carboxylic acids is 3. The molecule has 2 aromatic carbocycles. The SMILES string of the molecule is CCOc1ccc(Cl)c(/C(O)=C2\C(=O)C(=O)N(CCN(CC)CC)C2c2ccc(OC(C)=O)cc2)c1. The Bertz CT molecular complexity index is 1160. The van der Waals surface area contributed by atoms with Crippen LogP contribution in [0.1, 0.15) is 44.9 Å². The van der Waals surface area contributed by atoms with Gasteiger partial charge in [-0.2, -0.15) is 0 Å². The number of likely N-dealkylation sites (N-methyl/N-ethyl adjacent to an activating group) is 1. The van der Waals surface area contributed by atoms with Crippen molar-refractivity contribution in [1.82, 2.24) is 9.80 Å². The standard InChI is InChI=1S/C27H31ClN2O6/c1-5-29(6-2)14-15-30-24(18-8-10-19(11-9-18)36-17(4)31)23(26(33)27(30)34)25(32)21-16-20(35-7-3)12-13-22(21)28/h8-13,16,24,32H,5-7,14-15H2,1-4H3/b25-23+. The number of rotatable bonds is 10. The number of esters is 1. The van der Waals surface area contributed by atoms with Crippen LogP contribution in [0.5, 0.6) is 11.5 Å². The molecule has 1 saturated heterocycles. The summed E-state index contributed by atoms with van der Waals surface area (Å²) in [6.07, 6.45) is 0. The molecule has 0 aromatic heterocycles. The molecule has 3 rings (SSSR count). The van der Waals surface area contributed by atoms with Gasteiger partial charge in [-0.05, 0) is 55.9 Å². The first kappa shape index (κ1) is 27.2. The largest absolute Gasteiger partial charge is 0.507 e. The van der Waals surface area contributed by atoms with E-state index in [1.165, 1.54) is 11.8 Å². The van der Waals surface area contributed by atoms with Crippen LogP contribution in [0.4, 0.5) is 0 Å². The molecule has 1 fully saturated rings. The Morgan fingerprint density at radius 2 is 1.69 bits per heavy atom. The van der Waals surface area contributed by atoms with Crippen LogP contribution in [0.25, 0.3) is 5.76 Å². The van der Waals surface area contributed by atoms with Gasteiger partial charge in [0.15, 0.2) is 0 Å². The summed E-state index contributed by atoms with van der Waals surface area (Å²) in [6, 6.07) is 10.4. The van der Waals surface area contributed by atoms with E-state index in [0.29, 0.717) is 30.2 Å². The van der Waals surface area contributed by atoms with Crippen molar-refractivity contribution in [2.45, 2.75) is 33.7 Å². The van der Waals surface area contributed by atoms with E-state index in [2.05, 4.69) is 4.90 Å². The molecule has 0 radical (unpaired) electrons. The van der Waals surface area contributed by atoms with Gasteiger partial charge in [0.05, 0.1) is 23.2 Å². The number of likely N-dealkylation sites (tertiary alicyclic amines) is 1. The van der Waals surface area contributed by atoms with Crippen molar-refractivity contribution in [3.05, 3.63) is 64.2 Å². The normalized spacial score (nSPS) is 17.1. The van der Waals surface area contributed by atoms with Crippen molar-refractivity contribution in [3.8, 4) is 11.5 Å². The second-order valence-electron chi connectivity index (χ2n) is 8.26. The van der Waals surface area contributed by atoms with E-state index >= 15 is 0 Å². The highest BCUT2D eigenvalue weighted by atomic mass is 35.5. The van der Waals surface area contributed by atoms with Crippen molar-refractivity contribution in [1.29, 1.82) is 0 Å². The number of ether oxygens (including phenoxy) is 2. The number of carbonyl (C=O) groups is 3. The lowest BCUT2D eigenvalue weighted by atomic mass is 9.95. The summed E-state index contributed by atoms with van der Waals surface area (Å²) in [5.41, 5.74) is 0.726. The van der Waals surface area contributed by atoms with Crippen LogP contribution in [0.3, 0.4) is 0 Å². The highest BCUT2D eigenvalue weighted by molar-refractivity contribution is 6.47. The van der Waals surface area contributed by atoms with Gasteiger partial charge >= 0.3 is 5.97 Å². The molecule has 36 heavy (non-hydrogen) atoms. The average Bonchev–Trinajstić information content (AvgIpc) is 3.10. The Kier molecular flexibility index (Phi) is 9.12. The first-order valence-electron chi connectivity index (χ1n) is 11.9. The predicted molar refractivity (Wildman–Crippen MR) is 137 cm³/mol. The summed E-state index contributed by atoms with van der Waals surface area (Å²) in [5.74, 6) is -1.52. The molecule has 2 aromatic rings. The second kappa shape index (κ2) is 12.1. The maximum atomic E-state index is 13.3. The smallest absolute Gasteiger partial charge is 0.308 e. The van der Waals surface area contributed by atoms with E-state index in [9.17, 15) is 19.5 Å². The van der Waals surface area contributed by atoms with Gasteiger partial charge in [-0.1, -0.05) is 37.6 Å². The molecule has 192 valence electrons. The van der Waals surface area contributed by atoms with Crippen molar-refractivity contribution >= 4 is 35.0 Å². The van der Waals surface area contributed by atoms with E-state index in [4.69, 9.17) is 21.1 Å². The monoisotopic (exact) mass is 514 g/mol. The fraction of sp³-hybridized carbons (Fsp3) is 0.370. The average molecular weight is 515 g/mol. The third kappa shape index (κ3) is 5.88. The van der Waals surface area contributed by atoms with Crippen LogP contribution in [0.2, 0.25) is 5.02 Å². The molecule has 8 nitrogen and oxygen atoms in total. The van der Waals surface area contributed by atoms with Crippen LogP contribution in [-0.4, -0.2) is 65.4 Å². The highest BCUT2D eigenvalue weighted by Gasteiger charge is 2.46. The number of nitrogens with zero attached hydrogens (tertiary/aromatic N) is 2. The zero-order chi connectivity index (χ0) is 26.4. The van der Waals surface area contributed by atoms with Crippen LogP contribution in [0, 0.1) is 0 Å². The predicted octanol–water partition coefficient (Wildman–Crippen LogP) is 4.43. The Morgan fingerprint density at radius 3 is 2.28 bits per heavy atom. The number of Topliss-reactive ketones (excluding diaryl/α,β-unsaturated/α-hetero) is 1. The lowest BCUT2D eigenvalue weighted by Gasteiger charge is -2.28. The molecule has 0 spiro atoms. The maximum absolute atomic E-state index is 13.3. The number of halogens is 1. The number of benzene rings is 2. The zero-order valence-corrected chi connectivity index (χ0v) is 21.7. The van der Waals surface area contributed by atoms with Gasteiger partial charge < -0.3 is 24.4 Å². The Hall–Kier alpha value is -3.36. The van der Waals surface area contributed by atoms with E-state index in [0.717, 1.165) is 13.1 Å². The summed E-state index contributed by atoms with van der Waals surface area (Å²) in [6.45, 7) is 10.0. The molecule has 0 bridgehead atoms. The lowest BCUT2D eigenvalue weighted by molar-refractivity contribution is -0.140. The molecule has 0 saturated carbocycles. The molecular formula is C27H31ClN2O6. The zero-order valence-electron chi connectivity index (χ0n) is 20.9. The summed E-state index contributed by atoms with van der Waals surface area (Å²) in [5, 5.41) is 11.6. The summed E-state index contributed by atoms with van der Waals surface area (Å²) in [4.78, 5) is 41.4. The fourth-order valence-corrected chi connectivity index (χ4v) is 4.42. The van der Waals surface area contributed by atoms with E-state index < -0.39 is 23.7 Å². The molecule has 0 aliphatic carbocycles. The summed E-state index contributed by atoms with van der Waals surface area (Å²) in [7, 11) is 0. The van der Waals surface area contributed by atoms with Crippen molar-refractivity contribution in [2.75, 3.05) is 32.8 Å². The third-order valence-electron chi connectivity index (χ3n) is 6.05. The minimum atomic E-state index is -0.848. The van der Waals surface area contributed by atoms with Gasteiger partial charge in [-0.15, -0.1) is 0 Å². The first-order chi connectivity index (χ1) is 17.2. The molecule has 1 atom stereocenters. The van der Waals surface area contributed by atoms with Gasteiger partial charge in [-0.3, -0.25) is 14.4 Å². The van der Waals surface area contributed by atoms with Crippen molar-refractivity contribution in [3.63, 3.8) is 0 Å². The van der Waals surface area contributed by atoms with Crippen molar-refractivity contribution in [2.24, 2.45) is 0 Å². The van der Waals surface area contributed by atoms with E-state index in [1.54, 1.807) is 42.5 Å². The number of hydrogen-bond acceptors (Lipinski definition) is 7. The number of amides is 1. The van der Waals surface area contributed by atoms with Gasteiger partial charge in [0.25, 0.3) is 11.7 Å². The van der Waals surface area contributed by atoms with Gasteiger partial charge in [0.1, 0.15) is 17.3 Å². The number of hydrogen-bond donors (Lipinski definition) is 1. The molecule has 9 heteroatoms. The second-order valence-corrected chi connectivity index (χ2v) is 8.66. The molecule has 1 aliphatic heterocycles. The molecule has 1 heterocycles. The van der Waals surface area contributed by atoms with Crippen LogP contribution >= 0.6 is 11.6 Å². The van der Waals surface area contributed by atoms with Crippen LogP contribution < -0.4 is 9.47 Å².